The molecule has 0 aromatic heterocycles. The number of nitrogens with one attached hydrogen (secondary N) is 1. The van der Waals surface area contributed by atoms with Crippen LogP contribution in [0.1, 0.15) is 25.5 Å². The smallest absolute Gasteiger partial charge is 0.407 e. The van der Waals surface area contributed by atoms with Gasteiger partial charge >= 0.3 is 6.09 Å². The van der Waals surface area contributed by atoms with Crippen molar-refractivity contribution in [1.29, 1.82) is 0 Å². The molecule has 1 atom stereocenters. The van der Waals surface area contributed by atoms with Gasteiger partial charge < -0.3 is 10.1 Å². The van der Waals surface area contributed by atoms with Crippen molar-refractivity contribution < 1.29 is 9.53 Å². The number of hydrogen-bond donors (Lipinski definition) is 1. The van der Waals surface area contributed by atoms with Crippen LogP contribution < -0.4 is 5.32 Å². The first kappa shape index (κ1) is 10.6. The van der Waals surface area contributed by atoms with Crippen LogP contribution in [0.15, 0.2) is 30.3 Å². The van der Waals surface area contributed by atoms with E-state index in [1.165, 1.54) is 0 Å². The van der Waals surface area contributed by atoms with Gasteiger partial charge in [-0.1, -0.05) is 30.3 Å². The number of ether oxygens (including phenoxy) is 1. The molecule has 1 amide bonds. The zero-order valence-electron chi connectivity index (χ0n) is 8.49. The van der Waals surface area contributed by atoms with Gasteiger partial charge in [0, 0.05) is 0 Å². The average molecular weight is 193 g/mol. The van der Waals surface area contributed by atoms with Crippen molar-refractivity contribution in [3.8, 4) is 0 Å². The number of benzene rings is 1. The highest BCUT2D eigenvalue weighted by atomic mass is 16.5. The van der Waals surface area contributed by atoms with Crippen molar-refractivity contribution in [2.45, 2.75) is 19.9 Å². The standard InChI is InChI=1S/C11H15NO2/c1-3-14-11(13)12-9(2)10-7-5-4-6-8-10/h4-9H,3H2,1-2H3,(H,12,13). The molecule has 0 saturated heterocycles. The van der Waals surface area contributed by atoms with Crippen molar-refractivity contribution in [1.82, 2.24) is 5.32 Å². The molecule has 0 aliphatic heterocycles. The number of alkyl carbamates (subject to hydrolysis) is 1. The molecule has 0 aliphatic rings. The summed E-state index contributed by atoms with van der Waals surface area (Å²) in [7, 11) is 0. The lowest BCUT2D eigenvalue weighted by molar-refractivity contribution is 0.149. The monoisotopic (exact) mass is 193 g/mol. The van der Waals surface area contributed by atoms with Crippen LogP contribution in [-0.2, 0) is 4.74 Å². The highest BCUT2D eigenvalue weighted by Gasteiger charge is 2.08. The van der Waals surface area contributed by atoms with Crippen molar-refractivity contribution in [3.05, 3.63) is 35.9 Å². The molecule has 76 valence electrons. The summed E-state index contributed by atoms with van der Waals surface area (Å²) in [6, 6.07) is 9.75. The molecule has 1 aromatic rings. The molecule has 0 spiro atoms. The maximum absolute atomic E-state index is 11.1. The molecule has 0 aliphatic carbocycles. The van der Waals surface area contributed by atoms with Crippen molar-refractivity contribution in [3.63, 3.8) is 0 Å². The van der Waals surface area contributed by atoms with E-state index in [9.17, 15) is 4.79 Å². The molecule has 0 saturated carbocycles. The summed E-state index contributed by atoms with van der Waals surface area (Å²) < 4.78 is 4.78. The average Bonchev–Trinajstić information content (AvgIpc) is 2.19. The summed E-state index contributed by atoms with van der Waals surface area (Å²) in [5.41, 5.74) is 1.07. The first-order valence-corrected chi connectivity index (χ1v) is 4.72. The van der Waals surface area contributed by atoms with Gasteiger partial charge in [-0.3, -0.25) is 0 Å². The first-order chi connectivity index (χ1) is 6.74. The molecule has 1 aromatic carbocycles. The Morgan fingerprint density at radius 1 is 1.43 bits per heavy atom. The van der Waals surface area contributed by atoms with Crippen molar-refractivity contribution >= 4 is 6.09 Å². The third kappa shape index (κ3) is 3.09. The summed E-state index contributed by atoms with van der Waals surface area (Å²) in [5.74, 6) is 0. The lowest BCUT2D eigenvalue weighted by Gasteiger charge is -2.13. The predicted molar refractivity (Wildman–Crippen MR) is 55.0 cm³/mol. The van der Waals surface area contributed by atoms with Crippen LogP contribution in [0, 0.1) is 0 Å². The van der Waals surface area contributed by atoms with Crippen molar-refractivity contribution in [2.75, 3.05) is 6.61 Å². The van der Waals surface area contributed by atoms with E-state index in [1.54, 1.807) is 6.92 Å². The molecule has 1 rings (SSSR count). The van der Waals surface area contributed by atoms with Crippen LogP contribution in [0.5, 0.6) is 0 Å². The molecule has 0 heterocycles. The van der Waals surface area contributed by atoms with E-state index >= 15 is 0 Å². The predicted octanol–water partition coefficient (Wildman–Crippen LogP) is 2.49. The van der Waals surface area contributed by atoms with Gasteiger partial charge in [0.15, 0.2) is 0 Å². The topological polar surface area (TPSA) is 38.3 Å². The van der Waals surface area contributed by atoms with Crippen LogP contribution in [0.2, 0.25) is 0 Å². The fraction of sp³-hybridized carbons (Fsp3) is 0.364. The zero-order valence-corrected chi connectivity index (χ0v) is 8.49. The van der Waals surface area contributed by atoms with E-state index in [0.29, 0.717) is 6.61 Å². The summed E-state index contributed by atoms with van der Waals surface area (Å²) in [6.07, 6.45) is -0.371. The van der Waals surface area contributed by atoms with Gasteiger partial charge in [-0.25, -0.2) is 4.79 Å². The number of carbonyl (C=O) groups is 1. The Morgan fingerprint density at radius 3 is 2.64 bits per heavy atom. The van der Waals surface area contributed by atoms with Gasteiger partial charge in [-0.15, -0.1) is 0 Å². The second kappa shape index (κ2) is 5.27. The van der Waals surface area contributed by atoms with E-state index in [0.717, 1.165) is 5.56 Å². The van der Waals surface area contributed by atoms with E-state index in [4.69, 9.17) is 4.74 Å². The minimum atomic E-state index is -0.371. The van der Waals surface area contributed by atoms with Gasteiger partial charge in [0.25, 0.3) is 0 Å². The summed E-state index contributed by atoms with van der Waals surface area (Å²) in [5, 5.41) is 2.74. The molecule has 1 N–H and O–H groups in total. The van der Waals surface area contributed by atoms with Gasteiger partial charge in [0.2, 0.25) is 0 Å². The lowest BCUT2D eigenvalue weighted by atomic mass is 10.1. The second-order valence-electron chi connectivity index (χ2n) is 3.00. The lowest BCUT2D eigenvalue weighted by Crippen LogP contribution is -2.27. The molecule has 14 heavy (non-hydrogen) atoms. The molecule has 0 bridgehead atoms. The van der Waals surface area contributed by atoms with E-state index in [-0.39, 0.29) is 12.1 Å². The quantitative estimate of drug-likeness (QED) is 0.800. The Kier molecular flexibility index (Phi) is 3.98. The Morgan fingerprint density at radius 2 is 2.07 bits per heavy atom. The highest BCUT2D eigenvalue weighted by molar-refractivity contribution is 5.67. The fourth-order valence-electron chi connectivity index (χ4n) is 1.17. The largest absolute Gasteiger partial charge is 0.450 e. The Bertz CT molecular complexity index is 285. The van der Waals surface area contributed by atoms with E-state index in [1.807, 2.05) is 37.3 Å². The fourth-order valence-corrected chi connectivity index (χ4v) is 1.17. The van der Waals surface area contributed by atoms with Gasteiger partial charge in [-0.2, -0.15) is 0 Å². The third-order valence-corrected chi connectivity index (χ3v) is 1.91. The van der Waals surface area contributed by atoms with Crippen molar-refractivity contribution in [2.24, 2.45) is 0 Å². The summed E-state index contributed by atoms with van der Waals surface area (Å²) in [4.78, 5) is 11.1. The van der Waals surface area contributed by atoms with Gasteiger partial charge in [0.05, 0.1) is 12.6 Å². The van der Waals surface area contributed by atoms with E-state index < -0.39 is 0 Å². The Balaban J connectivity index is 2.50. The summed E-state index contributed by atoms with van der Waals surface area (Å²) >= 11 is 0. The second-order valence-corrected chi connectivity index (χ2v) is 3.00. The van der Waals surface area contributed by atoms with Gasteiger partial charge in [0.1, 0.15) is 0 Å². The summed E-state index contributed by atoms with van der Waals surface area (Å²) in [6.45, 7) is 4.10. The van der Waals surface area contributed by atoms with Crippen LogP contribution >= 0.6 is 0 Å². The maximum atomic E-state index is 11.1. The minimum Gasteiger partial charge on any atom is -0.450 e. The number of carbonyl (C=O) groups excluding carboxylic acids is 1. The number of rotatable bonds is 3. The Hall–Kier alpha value is -1.51. The SMILES string of the molecule is CCOC(=O)NC(C)c1ccccc1. The molecular formula is C11H15NO2. The molecule has 0 fully saturated rings. The molecule has 3 heteroatoms. The number of hydrogen-bond acceptors (Lipinski definition) is 2. The zero-order chi connectivity index (χ0) is 10.4. The van der Waals surface area contributed by atoms with E-state index in [2.05, 4.69) is 5.32 Å². The maximum Gasteiger partial charge on any atom is 0.407 e. The Labute approximate surface area is 84.1 Å². The molecule has 1 unspecified atom stereocenters. The van der Waals surface area contributed by atoms with Crippen LogP contribution in [0.3, 0.4) is 0 Å². The normalized spacial score (nSPS) is 11.9. The molecule has 3 nitrogen and oxygen atoms in total. The van der Waals surface area contributed by atoms with Crippen LogP contribution in [-0.4, -0.2) is 12.7 Å². The third-order valence-electron chi connectivity index (χ3n) is 1.91. The van der Waals surface area contributed by atoms with Crippen LogP contribution in [0.25, 0.3) is 0 Å². The number of amides is 1. The highest BCUT2D eigenvalue weighted by Crippen LogP contribution is 2.10. The molecule has 0 radical (unpaired) electrons. The van der Waals surface area contributed by atoms with Gasteiger partial charge in [-0.05, 0) is 19.4 Å². The van der Waals surface area contributed by atoms with Crippen LogP contribution in [0.4, 0.5) is 4.79 Å². The minimum absolute atomic E-state index is 0.0183. The molecular weight excluding hydrogens is 178 g/mol. The first-order valence-electron chi connectivity index (χ1n) is 4.72.